The maximum absolute atomic E-state index is 11.3. The van der Waals surface area contributed by atoms with Gasteiger partial charge >= 0.3 is 0 Å². The fraction of sp³-hybridized carbons (Fsp3) is 0.333. The Labute approximate surface area is 84.2 Å². The highest BCUT2D eigenvalue weighted by molar-refractivity contribution is 5.83. The van der Waals surface area contributed by atoms with Crippen molar-refractivity contribution in [2.75, 3.05) is 0 Å². The van der Waals surface area contributed by atoms with E-state index in [1.54, 1.807) is 6.92 Å². The van der Waals surface area contributed by atoms with Gasteiger partial charge < -0.3 is 0 Å². The first kappa shape index (κ1) is 10.5. The topological polar surface area (TPSA) is 40.9 Å². The first-order valence-corrected chi connectivity index (χ1v) is 4.70. The molecule has 0 fully saturated rings. The molecule has 0 spiro atoms. The highest BCUT2D eigenvalue weighted by atomic mass is 16.1. The van der Waals surface area contributed by atoms with Crippen molar-refractivity contribution in [3.63, 3.8) is 0 Å². The SMILES string of the molecule is CC(C#N)C(=O)CCc1ccccc1. The maximum atomic E-state index is 11.3. The minimum Gasteiger partial charge on any atom is -0.298 e. The van der Waals surface area contributed by atoms with E-state index in [9.17, 15) is 4.79 Å². The third-order valence-corrected chi connectivity index (χ3v) is 2.18. The first-order valence-electron chi connectivity index (χ1n) is 4.70. The number of aryl methyl sites for hydroxylation is 1. The van der Waals surface area contributed by atoms with Gasteiger partial charge in [0.25, 0.3) is 0 Å². The number of rotatable bonds is 4. The van der Waals surface area contributed by atoms with E-state index in [1.165, 1.54) is 0 Å². The summed E-state index contributed by atoms with van der Waals surface area (Å²) in [6.07, 6.45) is 1.18. The van der Waals surface area contributed by atoms with Crippen molar-refractivity contribution in [1.29, 1.82) is 5.26 Å². The van der Waals surface area contributed by atoms with Crippen molar-refractivity contribution in [3.05, 3.63) is 35.9 Å². The Balaban J connectivity index is 2.43. The zero-order valence-electron chi connectivity index (χ0n) is 8.23. The molecule has 0 aliphatic heterocycles. The summed E-state index contributed by atoms with van der Waals surface area (Å²) in [5, 5.41) is 8.53. The van der Waals surface area contributed by atoms with Crippen LogP contribution >= 0.6 is 0 Å². The lowest BCUT2D eigenvalue weighted by molar-refractivity contribution is -0.120. The van der Waals surface area contributed by atoms with Crippen molar-refractivity contribution >= 4 is 5.78 Å². The lowest BCUT2D eigenvalue weighted by Crippen LogP contribution is -2.09. The molecule has 0 saturated carbocycles. The number of carbonyl (C=O) groups is 1. The minimum atomic E-state index is -0.473. The smallest absolute Gasteiger partial charge is 0.150 e. The van der Waals surface area contributed by atoms with Gasteiger partial charge in [-0.25, -0.2) is 0 Å². The monoisotopic (exact) mass is 187 g/mol. The van der Waals surface area contributed by atoms with Gasteiger partial charge in [0.2, 0.25) is 0 Å². The van der Waals surface area contributed by atoms with Crippen LogP contribution in [0.3, 0.4) is 0 Å². The molecule has 0 aliphatic rings. The molecule has 0 saturated heterocycles. The molecule has 1 unspecified atom stereocenters. The minimum absolute atomic E-state index is 0.0244. The first-order chi connectivity index (χ1) is 6.74. The second-order valence-corrected chi connectivity index (χ2v) is 3.30. The van der Waals surface area contributed by atoms with Gasteiger partial charge in [0, 0.05) is 6.42 Å². The number of nitrogens with zero attached hydrogens (tertiary/aromatic N) is 1. The van der Waals surface area contributed by atoms with E-state index in [4.69, 9.17) is 5.26 Å². The van der Waals surface area contributed by atoms with Crippen LogP contribution in [-0.2, 0) is 11.2 Å². The van der Waals surface area contributed by atoms with Crippen LogP contribution in [-0.4, -0.2) is 5.78 Å². The molecule has 1 aromatic carbocycles. The van der Waals surface area contributed by atoms with Crippen molar-refractivity contribution in [3.8, 4) is 6.07 Å². The van der Waals surface area contributed by atoms with Crippen molar-refractivity contribution in [2.45, 2.75) is 19.8 Å². The van der Waals surface area contributed by atoms with Gasteiger partial charge in [-0.05, 0) is 18.9 Å². The van der Waals surface area contributed by atoms with Crippen LogP contribution in [0.2, 0.25) is 0 Å². The van der Waals surface area contributed by atoms with Gasteiger partial charge in [0.05, 0.1) is 6.07 Å². The van der Waals surface area contributed by atoms with Crippen LogP contribution in [0.15, 0.2) is 30.3 Å². The van der Waals surface area contributed by atoms with Gasteiger partial charge in [0.15, 0.2) is 0 Å². The highest BCUT2D eigenvalue weighted by Gasteiger charge is 2.10. The van der Waals surface area contributed by atoms with E-state index in [-0.39, 0.29) is 5.78 Å². The summed E-state index contributed by atoms with van der Waals surface area (Å²) in [5.74, 6) is -0.449. The highest BCUT2D eigenvalue weighted by Crippen LogP contribution is 2.06. The lowest BCUT2D eigenvalue weighted by Gasteiger charge is -2.01. The number of hydrogen-bond donors (Lipinski definition) is 0. The van der Waals surface area contributed by atoms with Crippen LogP contribution in [0.1, 0.15) is 18.9 Å². The quantitative estimate of drug-likeness (QED) is 0.726. The standard InChI is InChI=1S/C12H13NO/c1-10(9-13)12(14)8-7-11-5-3-2-4-6-11/h2-6,10H,7-8H2,1H3. The number of carbonyl (C=O) groups excluding carboxylic acids is 1. The molecule has 72 valence electrons. The summed E-state index contributed by atoms with van der Waals surface area (Å²) >= 11 is 0. The Bertz CT molecular complexity index is 337. The summed E-state index contributed by atoms with van der Waals surface area (Å²) in [6.45, 7) is 1.65. The second-order valence-electron chi connectivity index (χ2n) is 3.30. The third kappa shape index (κ3) is 3.02. The van der Waals surface area contributed by atoms with E-state index in [0.717, 1.165) is 12.0 Å². The van der Waals surface area contributed by atoms with Crippen LogP contribution in [0.4, 0.5) is 0 Å². The predicted molar refractivity (Wildman–Crippen MR) is 54.5 cm³/mol. The summed E-state index contributed by atoms with van der Waals surface area (Å²) in [5.41, 5.74) is 1.14. The molecule has 0 bridgehead atoms. The summed E-state index contributed by atoms with van der Waals surface area (Å²) in [6, 6.07) is 11.8. The lowest BCUT2D eigenvalue weighted by atomic mass is 10.0. The van der Waals surface area contributed by atoms with Gasteiger partial charge in [-0.3, -0.25) is 4.79 Å². The Hall–Kier alpha value is -1.62. The van der Waals surface area contributed by atoms with E-state index in [0.29, 0.717) is 6.42 Å². The van der Waals surface area contributed by atoms with Crippen LogP contribution in [0.25, 0.3) is 0 Å². The summed E-state index contributed by atoms with van der Waals surface area (Å²) < 4.78 is 0. The average molecular weight is 187 g/mol. The molecule has 0 aliphatic carbocycles. The average Bonchev–Trinajstić information content (AvgIpc) is 2.26. The molecule has 0 aromatic heterocycles. The molecule has 0 N–H and O–H groups in total. The van der Waals surface area contributed by atoms with Crippen LogP contribution < -0.4 is 0 Å². The fourth-order valence-corrected chi connectivity index (χ4v) is 1.20. The molecule has 2 nitrogen and oxygen atoms in total. The van der Waals surface area contributed by atoms with Crippen LogP contribution in [0, 0.1) is 17.2 Å². The van der Waals surface area contributed by atoms with Crippen LogP contribution in [0.5, 0.6) is 0 Å². The predicted octanol–water partition coefficient (Wildman–Crippen LogP) is 2.35. The number of ketones is 1. The van der Waals surface area contributed by atoms with E-state index in [1.807, 2.05) is 36.4 Å². The molecule has 2 heteroatoms. The van der Waals surface area contributed by atoms with Crippen molar-refractivity contribution in [1.82, 2.24) is 0 Å². The second kappa shape index (κ2) is 5.18. The molecule has 14 heavy (non-hydrogen) atoms. The number of nitriles is 1. The molecule has 1 aromatic rings. The Kier molecular flexibility index (Phi) is 3.87. The van der Waals surface area contributed by atoms with E-state index >= 15 is 0 Å². The maximum Gasteiger partial charge on any atom is 0.150 e. The summed E-state index contributed by atoms with van der Waals surface area (Å²) in [7, 11) is 0. The molecule has 0 amide bonds. The normalized spacial score (nSPS) is 11.7. The molecule has 0 heterocycles. The zero-order valence-corrected chi connectivity index (χ0v) is 8.23. The number of hydrogen-bond acceptors (Lipinski definition) is 2. The van der Waals surface area contributed by atoms with Gasteiger partial charge in [0.1, 0.15) is 11.7 Å². The fourth-order valence-electron chi connectivity index (χ4n) is 1.20. The Morgan fingerprint density at radius 1 is 1.43 bits per heavy atom. The number of Topliss-reactive ketones (excluding diaryl/α,β-unsaturated/α-hetero) is 1. The van der Waals surface area contributed by atoms with Gasteiger partial charge in [-0.15, -0.1) is 0 Å². The van der Waals surface area contributed by atoms with Crippen molar-refractivity contribution in [2.24, 2.45) is 5.92 Å². The molecule has 1 atom stereocenters. The molecular formula is C12H13NO. The largest absolute Gasteiger partial charge is 0.298 e. The van der Waals surface area contributed by atoms with Crippen molar-refractivity contribution < 1.29 is 4.79 Å². The molecule has 1 rings (SSSR count). The molecular weight excluding hydrogens is 174 g/mol. The van der Waals surface area contributed by atoms with E-state index in [2.05, 4.69) is 0 Å². The summed E-state index contributed by atoms with van der Waals surface area (Å²) in [4.78, 5) is 11.3. The van der Waals surface area contributed by atoms with Gasteiger partial charge in [-0.2, -0.15) is 5.26 Å². The van der Waals surface area contributed by atoms with Gasteiger partial charge in [-0.1, -0.05) is 30.3 Å². The van der Waals surface area contributed by atoms with E-state index < -0.39 is 5.92 Å². The Morgan fingerprint density at radius 3 is 2.64 bits per heavy atom. The molecule has 0 radical (unpaired) electrons. The zero-order chi connectivity index (χ0) is 10.4. The Morgan fingerprint density at radius 2 is 2.07 bits per heavy atom. The number of benzene rings is 1. The third-order valence-electron chi connectivity index (χ3n) is 2.18.